The van der Waals surface area contributed by atoms with Crippen LogP contribution in [0.25, 0.3) is 22.5 Å². The molecule has 196 valence electrons. The summed E-state index contributed by atoms with van der Waals surface area (Å²) in [6, 6.07) is 19.4. The van der Waals surface area contributed by atoms with E-state index >= 15 is 0 Å². The third kappa shape index (κ3) is 6.39. The molecule has 1 aromatic heterocycles. The average molecular weight is 537 g/mol. The lowest BCUT2D eigenvalue weighted by Crippen LogP contribution is -2.17. The van der Waals surface area contributed by atoms with Crippen molar-refractivity contribution in [1.29, 1.82) is 0 Å². The molecule has 0 aliphatic heterocycles. The maximum absolute atomic E-state index is 14.2. The highest BCUT2D eigenvalue weighted by molar-refractivity contribution is 6.30. The molecular weight excluding hydrogens is 511 g/mol. The molecule has 3 aromatic carbocycles. The molecule has 0 aliphatic carbocycles. The topological polar surface area (TPSA) is 90.7 Å². The van der Waals surface area contributed by atoms with E-state index < -0.39 is 18.0 Å². The van der Waals surface area contributed by atoms with Crippen molar-refractivity contribution in [3.8, 4) is 22.5 Å². The summed E-state index contributed by atoms with van der Waals surface area (Å²) in [4.78, 5) is 24.3. The largest absolute Gasteiger partial charge is 0.466 e. The van der Waals surface area contributed by atoms with Gasteiger partial charge in [0.1, 0.15) is 23.3 Å². The fourth-order valence-corrected chi connectivity index (χ4v) is 4.07. The fraction of sp³-hybridized carbons (Fsp3) is 0.207. The van der Waals surface area contributed by atoms with Gasteiger partial charge in [-0.2, -0.15) is 0 Å². The van der Waals surface area contributed by atoms with Gasteiger partial charge >= 0.3 is 12.1 Å². The van der Waals surface area contributed by atoms with Crippen LogP contribution in [0.5, 0.6) is 0 Å². The van der Waals surface area contributed by atoms with Gasteiger partial charge < -0.3 is 14.0 Å². The number of halogens is 2. The predicted octanol–water partition coefficient (Wildman–Crippen LogP) is 7.52. The standard InChI is InChI=1S/C29H26ClFN2O5/c1-4-36-26(34)15-19-5-7-20(8-6-19)21-9-11-22(12-10-21)28-27(17(2)33-38-28)32-29(35)37-18(3)24-14-13-23(30)16-25(24)31/h5-14,16,18H,4,15H2,1-3H3,(H,32,35). The van der Waals surface area contributed by atoms with Crippen molar-refractivity contribution in [2.75, 3.05) is 11.9 Å². The van der Waals surface area contributed by atoms with E-state index in [1.54, 1.807) is 20.8 Å². The summed E-state index contributed by atoms with van der Waals surface area (Å²) in [7, 11) is 0. The summed E-state index contributed by atoms with van der Waals surface area (Å²) in [5, 5.41) is 6.89. The third-order valence-electron chi connectivity index (χ3n) is 5.86. The van der Waals surface area contributed by atoms with Crippen LogP contribution in [0.4, 0.5) is 14.9 Å². The van der Waals surface area contributed by atoms with Gasteiger partial charge in [0.05, 0.1) is 13.0 Å². The Labute approximate surface area is 224 Å². The molecular formula is C29H26ClFN2O5. The lowest BCUT2D eigenvalue weighted by Gasteiger charge is -2.15. The Morgan fingerprint density at radius 1 is 1.03 bits per heavy atom. The van der Waals surface area contributed by atoms with E-state index in [1.807, 2.05) is 48.5 Å². The molecule has 4 rings (SSSR count). The second kappa shape index (κ2) is 11.9. The number of aromatic nitrogens is 1. The van der Waals surface area contributed by atoms with Crippen LogP contribution in [-0.2, 0) is 20.7 Å². The zero-order chi connectivity index (χ0) is 27.2. The van der Waals surface area contributed by atoms with Crippen molar-refractivity contribution in [1.82, 2.24) is 5.16 Å². The van der Waals surface area contributed by atoms with Crippen LogP contribution >= 0.6 is 11.6 Å². The van der Waals surface area contributed by atoms with Crippen molar-refractivity contribution in [3.05, 3.63) is 94.4 Å². The lowest BCUT2D eigenvalue weighted by molar-refractivity contribution is -0.142. The molecule has 9 heteroatoms. The molecule has 1 atom stereocenters. The van der Waals surface area contributed by atoms with Crippen LogP contribution in [0.3, 0.4) is 0 Å². The Bertz CT molecular complexity index is 1430. The third-order valence-corrected chi connectivity index (χ3v) is 6.10. The minimum Gasteiger partial charge on any atom is -0.466 e. The van der Waals surface area contributed by atoms with E-state index in [1.165, 1.54) is 18.2 Å². The summed E-state index contributed by atoms with van der Waals surface area (Å²) in [6.07, 6.45) is -1.40. The number of hydrogen-bond acceptors (Lipinski definition) is 6. The first-order valence-corrected chi connectivity index (χ1v) is 12.4. The average Bonchev–Trinajstić information content (AvgIpc) is 3.24. The van der Waals surface area contributed by atoms with Crippen LogP contribution in [-0.4, -0.2) is 23.8 Å². The number of nitrogens with zero attached hydrogens (tertiary/aromatic N) is 1. The second-order valence-electron chi connectivity index (χ2n) is 8.57. The number of benzene rings is 3. The Balaban J connectivity index is 1.45. The van der Waals surface area contributed by atoms with E-state index in [2.05, 4.69) is 10.5 Å². The van der Waals surface area contributed by atoms with Crippen molar-refractivity contribution in [2.45, 2.75) is 33.3 Å². The maximum Gasteiger partial charge on any atom is 0.412 e. The second-order valence-corrected chi connectivity index (χ2v) is 9.00. The van der Waals surface area contributed by atoms with Gasteiger partial charge in [0.25, 0.3) is 0 Å². The van der Waals surface area contributed by atoms with Gasteiger partial charge in [0, 0.05) is 16.1 Å². The molecule has 1 unspecified atom stereocenters. The van der Waals surface area contributed by atoms with E-state index in [-0.39, 0.29) is 23.0 Å². The molecule has 0 spiro atoms. The number of carbonyl (C=O) groups excluding carboxylic acids is 2. The van der Waals surface area contributed by atoms with Gasteiger partial charge in [-0.25, -0.2) is 9.18 Å². The number of anilines is 1. The summed E-state index contributed by atoms with van der Waals surface area (Å²) in [5.41, 5.74) is 4.52. The zero-order valence-electron chi connectivity index (χ0n) is 21.1. The minimum atomic E-state index is -0.848. The smallest absolute Gasteiger partial charge is 0.412 e. The number of nitrogens with one attached hydrogen (secondary N) is 1. The minimum absolute atomic E-state index is 0.205. The van der Waals surface area contributed by atoms with E-state index in [0.717, 1.165) is 16.7 Å². The van der Waals surface area contributed by atoms with Gasteiger partial charge in [-0.05, 0) is 49.6 Å². The SMILES string of the molecule is CCOC(=O)Cc1ccc(-c2ccc(-c3onc(C)c3NC(=O)OC(C)c3ccc(Cl)cc3F)cc2)cc1. The number of esters is 1. The van der Waals surface area contributed by atoms with Crippen molar-refractivity contribution < 1.29 is 28.0 Å². The maximum atomic E-state index is 14.2. The van der Waals surface area contributed by atoms with Crippen molar-refractivity contribution in [3.63, 3.8) is 0 Å². The van der Waals surface area contributed by atoms with Gasteiger partial charge in [-0.1, -0.05) is 71.4 Å². The molecule has 0 aliphatic rings. The Morgan fingerprint density at radius 2 is 1.66 bits per heavy atom. The Morgan fingerprint density at radius 3 is 2.29 bits per heavy atom. The highest BCUT2D eigenvalue weighted by Gasteiger charge is 2.21. The van der Waals surface area contributed by atoms with Crippen LogP contribution in [0.15, 0.2) is 71.3 Å². The zero-order valence-corrected chi connectivity index (χ0v) is 21.8. The molecule has 1 N–H and O–H groups in total. The first-order valence-electron chi connectivity index (χ1n) is 12.0. The predicted molar refractivity (Wildman–Crippen MR) is 142 cm³/mol. The fourth-order valence-electron chi connectivity index (χ4n) is 3.91. The van der Waals surface area contributed by atoms with E-state index in [9.17, 15) is 14.0 Å². The quantitative estimate of drug-likeness (QED) is 0.234. The lowest BCUT2D eigenvalue weighted by atomic mass is 10.0. The summed E-state index contributed by atoms with van der Waals surface area (Å²) in [5.74, 6) is -0.457. The summed E-state index contributed by atoms with van der Waals surface area (Å²) < 4.78 is 30.0. The number of hydrogen-bond donors (Lipinski definition) is 1. The van der Waals surface area contributed by atoms with Crippen LogP contribution in [0.2, 0.25) is 5.02 Å². The van der Waals surface area contributed by atoms with E-state index in [0.29, 0.717) is 29.3 Å². The first-order chi connectivity index (χ1) is 18.2. The monoisotopic (exact) mass is 536 g/mol. The van der Waals surface area contributed by atoms with Gasteiger partial charge in [-0.3, -0.25) is 10.1 Å². The molecule has 0 radical (unpaired) electrons. The highest BCUT2D eigenvalue weighted by atomic mass is 35.5. The van der Waals surface area contributed by atoms with Crippen LogP contribution in [0, 0.1) is 12.7 Å². The Hall–Kier alpha value is -4.17. The number of ether oxygens (including phenoxy) is 2. The molecule has 7 nitrogen and oxygen atoms in total. The summed E-state index contributed by atoms with van der Waals surface area (Å²) >= 11 is 5.80. The Kier molecular flexibility index (Phi) is 8.43. The molecule has 1 amide bonds. The van der Waals surface area contributed by atoms with Crippen molar-refractivity contribution >= 4 is 29.4 Å². The van der Waals surface area contributed by atoms with Gasteiger partial charge in [-0.15, -0.1) is 0 Å². The molecule has 0 saturated carbocycles. The van der Waals surface area contributed by atoms with Crippen molar-refractivity contribution in [2.24, 2.45) is 0 Å². The molecule has 4 aromatic rings. The molecule has 0 bridgehead atoms. The first kappa shape index (κ1) is 26.9. The van der Waals surface area contributed by atoms with Gasteiger partial charge in [0.2, 0.25) is 0 Å². The highest BCUT2D eigenvalue weighted by Crippen LogP contribution is 2.33. The van der Waals surface area contributed by atoms with E-state index in [4.69, 9.17) is 25.6 Å². The normalized spacial score (nSPS) is 11.6. The summed E-state index contributed by atoms with van der Waals surface area (Å²) in [6.45, 7) is 5.39. The molecule has 0 saturated heterocycles. The van der Waals surface area contributed by atoms with Crippen LogP contribution in [0.1, 0.15) is 36.8 Å². The number of carbonyl (C=O) groups is 2. The van der Waals surface area contributed by atoms with Gasteiger partial charge in [0.15, 0.2) is 5.76 Å². The molecule has 0 fully saturated rings. The number of amides is 1. The molecule has 1 heterocycles. The number of aryl methyl sites for hydroxylation is 1. The molecule has 38 heavy (non-hydrogen) atoms. The number of rotatable bonds is 8. The van der Waals surface area contributed by atoms with Crippen LogP contribution < -0.4 is 5.32 Å².